The molecule has 0 N–H and O–H groups in total. The number of nitrogens with zero attached hydrogens (tertiary/aromatic N) is 2. The smallest absolute Gasteiger partial charge is 0.261 e. The van der Waals surface area contributed by atoms with Crippen molar-refractivity contribution in [3.05, 3.63) is 70.8 Å². The highest BCUT2D eigenvalue weighted by molar-refractivity contribution is 5.96. The van der Waals surface area contributed by atoms with E-state index in [0.29, 0.717) is 5.56 Å². The highest BCUT2D eigenvalue weighted by Crippen LogP contribution is 2.44. The fourth-order valence-corrected chi connectivity index (χ4v) is 4.52. The van der Waals surface area contributed by atoms with E-state index in [2.05, 4.69) is 16.7 Å². The Bertz CT molecular complexity index is 858. The lowest BCUT2D eigenvalue weighted by Crippen LogP contribution is -2.19. The van der Waals surface area contributed by atoms with Gasteiger partial charge in [0.05, 0.1) is 5.69 Å². The molecule has 0 radical (unpaired) electrons. The summed E-state index contributed by atoms with van der Waals surface area (Å²) in [5.74, 6) is 0.769. The highest BCUT2D eigenvalue weighted by Gasteiger charge is 2.33. The van der Waals surface area contributed by atoms with Crippen LogP contribution in [0.5, 0.6) is 0 Å². The third-order valence-electron chi connectivity index (χ3n) is 5.61. The van der Waals surface area contributed by atoms with E-state index < -0.39 is 0 Å². The monoisotopic (exact) mass is 316 g/mol. The maximum absolute atomic E-state index is 12.7. The van der Waals surface area contributed by atoms with Crippen molar-refractivity contribution in [2.75, 3.05) is 0 Å². The minimum atomic E-state index is 0.0152. The first-order chi connectivity index (χ1) is 11.8. The van der Waals surface area contributed by atoms with Crippen molar-refractivity contribution in [1.82, 2.24) is 9.47 Å². The molecule has 0 bridgehead atoms. The van der Waals surface area contributed by atoms with Crippen LogP contribution in [0.25, 0.3) is 12.2 Å². The minimum Gasteiger partial charge on any atom is -0.344 e. The number of carbonyl (C=O) groups is 1. The van der Waals surface area contributed by atoms with E-state index in [1.807, 2.05) is 42.7 Å². The van der Waals surface area contributed by atoms with Crippen LogP contribution in [-0.2, 0) is 13.0 Å². The molecule has 0 spiro atoms. The van der Waals surface area contributed by atoms with Crippen LogP contribution in [0.1, 0.15) is 58.1 Å². The Labute approximate surface area is 141 Å². The van der Waals surface area contributed by atoms with E-state index in [-0.39, 0.29) is 5.91 Å². The second-order valence-electron chi connectivity index (χ2n) is 6.90. The molecule has 1 aliphatic carbocycles. The molecule has 1 atom stereocenters. The molecule has 1 amide bonds. The van der Waals surface area contributed by atoms with E-state index in [9.17, 15) is 4.79 Å². The van der Waals surface area contributed by atoms with Crippen molar-refractivity contribution in [2.45, 2.75) is 38.1 Å². The Balaban J connectivity index is 1.54. The zero-order valence-corrected chi connectivity index (χ0v) is 13.6. The predicted molar refractivity (Wildman–Crippen MR) is 95.4 cm³/mol. The van der Waals surface area contributed by atoms with Crippen LogP contribution in [0.3, 0.4) is 0 Å². The topological polar surface area (TPSA) is 25.2 Å². The van der Waals surface area contributed by atoms with Gasteiger partial charge in [0.25, 0.3) is 5.91 Å². The largest absolute Gasteiger partial charge is 0.344 e. The van der Waals surface area contributed by atoms with Crippen LogP contribution in [0.2, 0.25) is 0 Å². The predicted octanol–water partition coefficient (Wildman–Crippen LogP) is 4.41. The number of benzene rings is 1. The summed E-state index contributed by atoms with van der Waals surface area (Å²) in [6, 6.07) is 9.47. The van der Waals surface area contributed by atoms with Crippen molar-refractivity contribution < 1.29 is 4.79 Å². The molecule has 3 heteroatoms. The number of fused-ring (bicyclic) bond motifs is 3. The number of rotatable bonds is 1. The lowest BCUT2D eigenvalue weighted by Gasteiger charge is -2.18. The quantitative estimate of drug-likeness (QED) is 0.765. The van der Waals surface area contributed by atoms with Crippen molar-refractivity contribution >= 4 is 18.1 Å². The molecule has 1 aromatic heterocycles. The lowest BCUT2D eigenvalue weighted by atomic mass is 9.85. The first kappa shape index (κ1) is 13.8. The zero-order chi connectivity index (χ0) is 16.1. The molecule has 0 saturated heterocycles. The number of amides is 1. The molecule has 120 valence electrons. The third-order valence-corrected chi connectivity index (χ3v) is 5.61. The van der Waals surface area contributed by atoms with E-state index >= 15 is 0 Å². The SMILES string of the molecule is O=C(c1ccccc1)N1C=Cc2c3c4n(c2C=C1)CCC4CCC3. The highest BCUT2D eigenvalue weighted by atomic mass is 16.2. The van der Waals surface area contributed by atoms with Gasteiger partial charge in [-0.3, -0.25) is 9.69 Å². The fourth-order valence-electron chi connectivity index (χ4n) is 4.52. The van der Waals surface area contributed by atoms with Crippen LogP contribution < -0.4 is 0 Å². The Morgan fingerprint density at radius 1 is 1.04 bits per heavy atom. The van der Waals surface area contributed by atoms with Gasteiger partial charge in [0, 0.05) is 41.7 Å². The van der Waals surface area contributed by atoms with Crippen LogP contribution in [0.4, 0.5) is 0 Å². The van der Waals surface area contributed by atoms with Crippen LogP contribution in [-0.4, -0.2) is 15.4 Å². The molecule has 0 saturated carbocycles. The minimum absolute atomic E-state index is 0.0152. The molecule has 2 aromatic rings. The summed E-state index contributed by atoms with van der Waals surface area (Å²) in [5, 5.41) is 0. The maximum atomic E-state index is 12.7. The van der Waals surface area contributed by atoms with Gasteiger partial charge in [0.2, 0.25) is 0 Å². The van der Waals surface area contributed by atoms with Crippen molar-refractivity contribution in [2.24, 2.45) is 0 Å². The van der Waals surface area contributed by atoms with Gasteiger partial charge in [-0.05, 0) is 55.5 Å². The van der Waals surface area contributed by atoms with Crippen molar-refractivity contribution in [3.8, 4) is 0 Å². The summed E-state index contributed by atoms with van der Waals surface area (Å²) in [6.45, 7) is 1.12. The van der Waals surface area contributed by atoms with Gasteiger partial charge < -0.3 is 4.57 Å². The summed E-state index contributed by atoms with van der Waals surface area (Å²) in [5.41, 5.74) is 6.42. The van der Waals surface area contributed by atoms with Gasteiger partial charge >= 0.3 is 0 Å². The number of hydrogen-bond acceptors (Lipinski definition) is 1. The van der Waals surface area contributed by atoms with Gasteiger partial charge in [0.15, 0.2) is 0 Å². The molecular weight excluding hydrogens is 296 g/mol. The van der Waals surface area contributed by atoms with E-state index in [4.69, 9.17) is 0 Å². The summed E-state index contributed by atoms with van der Waals surface area (Å²) < 4.78 is 2.49. The average molecular weight is 316 g/mol. The Morgan fingerprint density at radius 3 is 2.75 bits per heavy atom. The molecule has 1 unspecified atom stereocenters. The fraction of sp³-hybridized carbons (Fsp3) is 0.286. The molecule has 24 heavy (non-hydrogen) atoms. The second-order valence-corrected chi connectivity index (χ2v) is 6.90. The Hall–Kier alpha value is -2.55. The summed E-state index contributed by atoms with van der Waals surface area (Å²) in [7, 11) is 0. The Morgan fingerprint density at radius 2 is 1.88 bits per heavy atom. The number of aromatic nitrogens is 1. The summed E-state index contributed by atoms with van der Waals surface area (Å²) in [4.78, 5) is 14.4. The normalized spacial score (nSPS) is 20.7. The van der Waals surface area contributed by atoms with E-state index in [1.165, 1.54) is 42.5 Å². The van der Waals surface area contributed by atoms with Gasteiger partial charge in [-0.25, -0.2) is 0 Å². The van der Waals surface area contributed by atoms with E-state index in [0.717, 1.165) is 12.5 Å². The van der Waals surface area contributed by atoms with Crippen LogP contribution >= 0.6 is 0 Å². The van der Waals surface area contributed by atoms with Gasteiger partial charge in [-0.15, -0.1) is 0 Å². The van der Waals surface area contributed by atoms with Gasteiger partial charge in [-0.2, -0.15) is 0 Å². The molecule has 3 aliphatic rings. The van der Waals surface area contributed by atoms with Crippen molar-refractivity contribution in [1.29, 1.82) is 0 Å². The number of carbonyl (C=O) groups excluding carboxylic acids is 1. The van der Waals surface area contributed by atoms with Gasteiger partial charge in [-0.1, -0.05) is 18.2 Å². The molecule has 1 aromatic carbocycles. The first-order valence-electron chi connectivity index (χ1n) is 8.82. The molecule has 3 nitrogen and oxygen atoms in total. The second kappa shape index (κ2) is 5.23. The van der Waals surface area contributed by atoms with Crippen LogP contribution in [0, 0.1) is 0 Å². The third kappa shape index (κ3) is 1.94. The first-order valence-corrected chi connectivity index (χ1v) is 8.82. The summed E-state index contributed by atoms with van der Waals surface area (Å²) >= 11 is 0. The van der Waals surface area contributed by atoms with E-state index in [1.54, 1.807) is 10.6 Å². The molecule has 3 heterocycles. The molecule has 5 rings (SSSR count). The molecule has 0 fully saturated rings. The maximum Gasteiger partial charge on any atom is 0.261 e. The zero-order valence-electron chi connectivity index (χ0n) is 13.6. The number of hydrogen-bond donors (Lipinski definition) is 0. The summed E-state index contributed by atoms with van der Waals surface area (Å²) in [6.07, 6.45) is 13.2. The van der Waals surface area contributed by atoms with Gasteiger partial charge in [0.1, 0.15) is 0 Å². The van der Waals surface area contributed by atoms with Crippen LogP contribution in [0.15, 0.2) is 42.7 Å². The molecule has 2 aliphatic heterocycles. The lowest BCUT2D eigenvalue weighted by molar-refractivity contribution is 0.0871. The average Bonchev–Trinajstić information content (AvgIpc) is 3.11. The molecular formula is C21H20N2O. The standard InChI is InChI=1S/C21H20N2O/c24-21(16-5-2-1-3-6-16)22-12-10-17-18-8-4-7-15-9-14-23(20(15)18)19(17)11-13-22/h1-3,5-6,10-13,15H,4,7-9,14H2. The Kier molecular flexibility index (Phi) is 3.02. The van der Waals surface area contributed by atoms with Crippen molar-refractivity contribution in [3.63, 3.8) is 0 Å².